The Hall–Kier alpha value is -2.93. The van der Waals surface area contributed by atoms with Gasteiger partial charge in [0, 0.05) is 31.1 Å². The van der Waals surface area contributed by atoms with Crippen molar-refractivity contribution in [2.75, 3.05) is 22.3 Å². The molecule has 29 heavy (non-hydrogen) atoms. The van der Waals surface area contributed by atoms with Crippen molar-refractivity contribution in [2.24, 2.45) is 0 Å². The average Bonchev–Trinajstić information content (AvgIpc) is 3.30. The number of aromatic nitrogens is 1. The van der Waals surface area contributed by atoms with Crippen LogP contribution in [0.5, 0.6) is 0 Å². The van der Waals surface area contributed by atoms with Crippen molar-refractivity contribution in [2.45, 2.75) is 31.6 Å². The number of carbonyl (C=O) groups is 1. The minimum Gasteiger partial charge on any atom is -0.312 e. The Morgan fingerprint density at radius 1 is 1.03 bits per heavy atom. The largest absolute Gasteiger partial charge is 0.312 e. The number of rotatable bonds is 2. The molecule has 0 N–H and O–H groups in total. The van der Waals surface area contributed by atoms with E-state index in [1.54, 1.807) is 23.1 Å². The van der Waals surface area contributed by atoms with Crippen molar-refractivity contribution in [3.8, 4) is 0 Å². The minimum atomic E-state index is -3.73. The van der Waals surface area contributed by atoms with Gasteiger partial charge in [-0.1, -0.05) is 18.2 Å². The highest BCUT2D eigenvalue weighted by Gasteiger charge is 2.34. The number of hydrogen-bond donors (Lipinski definition) is 0. The van der Waals surface area contributed by atoms with E-state index >= 15 is 0 Å². The van der Waals surface area contributed by atoms with E-state index in [0.29, 0.717) is 31.7 Å². The highest BCUT2D eigenvalue weighted by molar-refractivity contribution is 7.92. The molecule has 0 saturated carbocycles. The molecule has 0 spiro atoms. The third-order valence-electron chi connectivity index (χ3n) is 5.84. The minimum absolute atomic E-state index is 0.0284. The first-order valence-electron chi connectivity index (χ1n) is 9.69. The number of amides is 1. The van der Waals surface area contributed by atoms with Crippen LogP contribution in [0.3, 0.4) is 0 Å². The first-order valence-corrected chi connectivity index (χ1v) is 11.1. The number of benzene rings is 2. The summed E-state index contributed by atoms with van der Waals surface area (Å²) < 4.78 is 28.3. The number of carbonyl (C=O) groups excluding carboxylic acids is 1. The Morgan fingerprint density at radius 3 is 2.62 bits per heavy atom. The molecule has 0 atom stereocenters. The van der Waals surface area contributed by atoms with Gasteiger partial charge in [-0.05, 0) is 60.7 Å². The highest BCUT2D eigenvalue weighted by Crippen LogP contribution is 2.36. The van der Waals surface area contributed by atoms with Gasteiger partial charge in [-0.3, -0.25) is 4.79 Å². The van der Waals surface area contributed by atoms with Crippen LogP contribution in [0.1, 0.15) is 23.6 Å². The van der Waals surface area contributed by atoms with Gasteiger partial charge in [0.2, 0.25) is 5.91 Å². The molecule has 0 bridgehead atoms. The van der Waals surface area contributed by atoms with E-state index in [9.17, 15) is 13.2 Å². The maximum Gasteiger partial charge on any atom is 0.265 e. The van der Waals surface area contributed by atoms with Crippen LogP contribution in [0.25, 0.3) is 10.9 Å². The fourth-order valence-corrected chi connectivity index (χ4v) is 5.84. The third-order valence-corrected chi connectivity index (χ3v) is 7.62. The molecule has 0 aliphatic carbocycles. The molecular weight excluding hydrogens is 386 g/mol. The lowest BCUT2D eigenvalue weighted by Crippen LogP contribution is -2.30. The van der Waals surface area contributed by atoms with Crippen molar-refractivity contribution in [1.82, 2.24) is 4.98 Å². The van der Waals surface area contributed by atoms with Gasteiger partial charge >= 0.3 is 0 Å². The van der Waals surface area contributed by atoms with Gasteiger partial charge in [-0.2, -0.15) is 0 Å². The van der Waals surface area contributed by atoms with E-state index in [-0.39, 0.29) is 10.8 Å². The first-order chi connectivity index (χ1) is 13.9. The van der Waals surface area contributed by atoms with Gasteiger partial charge in [-0.15, -0.1) is 0 Å². The summed E-state index contributed by atoms with van der Waals surface area (Å²) in [4.78, 5) is 18.4. The van der Waals surface area contributed by atoms with Crippen molar-refractivity contribution >= 4 is 38.3 Å². The number of aryl methyl sites for hydroxylation is 1. The van der Waals surface area contributed by atoms with Crippen molar-refractivity contribution in [1.29, 1.82) is 0 Å². The van der Waals surface area contributed by atoms with Crippen molar-refractivity contribution in [3.63, 3.8) is 0 Å². The van der Waals surface area contributed by atoms with Gasteiger partial charge < -0.3 is 4.90 Å². The zero-order valence-electron chi connectivity index (χ0n) is 16.3. The number of pyridine rings is 1. The second kappa shape index (κ2) is 6.29. The molecule has 5 rings (SSSR count). The lowest BCUT2D eigenvalue weighted by molar-refractivity contribution is -0.116. The molecular formula is C22H21N3O3S. The van der Waals surface area contributed by atoms with Crippen LogP contribution in [0, 0.1) is 6.92 Å². The van der Waals surface area contributed by atoms with E-state index in [0.717, 1.165) is 33.3 Å². The summed E-state index contributed by atoms with van der Waals surface area (Å²) in [5, 5.41) is 1.03. The van der Waals surface area contributed by atoms with Gasteiger partial charge in [0.25, 0.3) is 10.0 Å². The Labute approximate surface area is 169 Å². The number of nitrogens with zero attached hydrogens (tertiary/aromatic N) is 3. The predicted octanol–water partition coefficient (Wildman–Crippen LogP) is 3.20. The number of para-hydroxylation sites is 1. The SMILES string of the molecule is CC(=O)N1CCc2cc(S(=O)(=O)N3CCc4cc5cccc(C)c5nc43)ccc21. The van der Waals surface area contributed by atoms with Crippen LogP contribution in [0.4, 0.5) is 11.5 Å². The van der Waals surface area contributed by atoms with Gasteiger partial charge in [0.1, 0.15) is 5.82 Å². The molecule has 1 aromatic heterocycles. The molecule has 0 fully saturated rings. The molecule has 2 aromatic carbocycles. The second-order valence-corrected chi connectivity index (χ2v) is 9.52. The Morgan fingerprint density at radius 2 is 1.83 bits per heavy atom. The lowest BCUT2D eigenvalue weighted by Gasteiger charge is -2.20. The molecule has 0 radical (unpaired) electrons. The monoisotopic (exact) mass is 407 g/mol. The summed E-state index contributed by atoms with van der Waals surface area (Å²) in [6, 6.07) is 13.1. The molecule has 148 valence electrons. The normalized spacial score (nSPS) is 15.7. The van der Waals surface area contributed by atoms with Crippen LogP contribution < -0.4 is 9.21 Å². The van der Waals surface area contributed by atoms with Gasteiger partial charge in [-0.25, -0.2) is 17.7 Å². The summed E-state index contributed by atoms with van der Waals surface area (Å²) in [6.07, 6.45) is 1.31. The summed E-state index contributed by atoms with van der Waals surface area (Å²) in [6.45, 7) is 4.49. The molecule has 3 heterocycles. The van der Waals surface area contributed by atoms with Crippen LogP contribution in [-0.2, 0) is 27.7 Å². The highest BCUT2D eigenvalue weighted by atomic mass is 32.2. The van der Waals surface area contributed by atoms with Gasteiger partial charge in [0.05, 0.1) is 10.4 Å². The summed E-state index contributed by atoms with van der Waals surface area (Å²) >= 11 is 0. The van der Waals surface area contributed by atoms with Crippen LogP contribution >= 0.6 is 0 Å². The van der Waals surface area contributed by atoms with E-state index in [1.807, 2.05) is 31.2 Å². The number of hydrogen-bond acceptors (Lipinski definition) is 4. The van der Waals surface area contributed by atoms with Crippen LogP contribution in [0.15, 0.2) is 47.4 Å². The third kappa shape index (κ3) is 2.72. The average molecular weight is 407 g/mol. The fraction of sp³-hybridized carbons (Fsp3) is 0.273. The molecule has 6 nitrogen and oxygen atoms in total. The standard InChI is InChI=1S/C22H21N3O3S/c1-14-4-3-5-17-12-18-9-11-25(22(18)23-21(14)17)29(27,28)19-6-7-20-16(13-19)8-10-24(20)15(2)26/h3-7,12-13H,8-11H2,1-2H3. The zero-order chi connectivity index (χ0) is 20.3. The smallest absolute Gasteiger partial charge is 0.265 e. The quantitative estimate of drug-likeness (QED) is 0.654. The maximum absolute atomic E-state index is 13.4. The van der Waals surface area contributed by atoms with Gasteiger partial charge in [0.15, 0.2) is 0 Å². The van der Waals surface area contributed by atoms with E-state index < -0.39 is 10.0 Å². The van der Waals surface area contributed by atoms with Crippen molar-refractivity contribution < 1.29 is 13.2 Å². The van der Waals surface area contributed by atoms with E-state index in [2.05, 4.69) is 0 Å². The maximum atomic E-state index is 13.4. The topological polar surface area (TPSA) is 70.6 Å². The number of sulfonamides is 1. The fourth-order valence-electron chi connectivity index (χ4n) is 4.34. The number of anilines is 2. The second-order valence-electron chi connectivity index (χ2n) is 7.66. The summed E-state index contributed by atoms with van der Waals surface area (Å²) in [5.74, 6) is 0.497. The van der Waals surface area contributed by atoms with Crippen LogP contribution in [-0.4, -0.2) is 32.4 Å². The summed E-state index contributed by atoms with van der Waals surface area (Å²) in [5.41, 5.74) is 4.51. The molecule has 0 unspecified atom stereocenters. The summed E-state index contributed by atoms with van der Waals surface area (Å²) in [7, 11) is -3.73. The molecule has 2 aliphatic heterocycles. The predicted molar refractivity (Wildman–Crippen MR) is 113 cm³/mol. The molecule has 2 aliphatic rings. The zero-order valence-corrected chi connectivity index (χ0v) is 17.2. The molecule has 0 saturated heterocycles. The molecule has 3 aromatic rings. The first kappa shape index (κ1) is 18.1. The van der Waals surface area contributed by atoms with E-state index in [1.165, 1.54) is 11.2 Å². The Balaban J connectivity index is 1.58. The molecule has 7 heteroatoms. The van der Waals surface area contributed by atoms with Crippen molar-refractivity contribution in [3.05, 3.63) is 59.2 Å². The molecule has 1 amide bonds. The lowest BCUT2D eigenvalue weighted by atomic mass is 10.1. The Kier molecular flexibility index (Phi) is 3.93. The Bertz CT molecular complexity index is 1280. The number of fused-ring (bicyclic) bond motifs is 3. The van der Waals surface area contributed by atoms with E-state index in [4.69, 9.17) is 4.98 Å². The van der Waals surface area contributed by atoms with Crippen LogP contribution in [0.2, 0.25) is 0 Å².